The van der Waals surface area contributed by atoms with Crippen molar-refractivity contribution in [2.45, 2.75) is 64.0 Å². The van der Waals surface area contributed by atoms with Crippen LogP contribution in [0.5, 0.6) is 0 Å². The summed E-state index contributed by atoms with van der Waals surface area (Å²) in [6.07, 6.45) is 7.04. The Balaban J connectivity index is 1.25. The summed E-state index contributed by atoms with van der Waals surface area (Å²) in [4.78, 5) is 38.3. The van der Waals surface area contributed by atoms with Gasteiger partial charge in [-0.3, -0.25) is 14.9 Å². The summed E-state index contributed by atoms with van der Waals surface area (Å²) in [5.41, 5.74) is 1.72. The van der Waals surface area contributed by atoms with Crippen LogP contribution in [0.3, 0.4) is 0 Å². The van der Waals surface area contributed by atoms with E-state index in [1.165, 1.54) is 19.3 Å². The minimum absolute atomic E-state index is 0.130. The van der Waals surface area contributed by atoms with Gasteiger partial charge in [0.25, 0.3) is 11.8 Å². The Labute approximate surface area is 184 Å². The molecule has 1 unspecified atom stereocenters. The van der Waals surface area contributed by atoms with Crippen LogP contribution in [-0.4, -0.2) is 43.0 Å². The number of carbonyl (C=O) groups is 3. The summed E-state index contributed by atoms with van der Waals surface area (Å²) in [5.74, 6) is 1.65. The van der Waals surface area contributed by atoms with Crippen molar-refractivity contribution in [3.63, 3.8) is 0 Å². The number of hydrogen-bond acceptors (Lipinski definition) is 3. The van der Waals surface area contributed by atoms with Crippen LogP contribution in [0.25, 0.3) is 0 Å². The van der Waals surface area contributed by atoms with Crippen LogP contribution < -0.4 is 20.9 Å². The number of urea groups is 1. The van der Waals surface area contributed by atoms with Crippen molar-refractivity contribution in [2.75, 3.05) is 18.9 Å². The van der Waals surface area contributed by atoms with E-state index in [-0.39, 0.29) is 23.9 Å². The summed E-state index contributed by atoms with van der Waals surface area (Å²) >= 11 is 0. The van der Waals surface area contributed by atoms with Crippen molar-refractivity contribution >= 4 is 23.5 Å². The first-order valence-corrected chi connectivity index (χ1v) is 11.5. The normalized spacial score (nSPS) is 30.4. The fourth-order valence-corrected chi connectivity index (χ4v) is 6.23. The molecule has 0 saturated heterocycles. The molecule has 168 valence electrons. The second kappa shape index (κ2) is 8.61. The van der Waals surface area contributed by atoms with Crippen LogP contribution in [-0.2, 0) is 9.59 Å². The van der Waals surface area contributed by atoms with E-state index in [1.807, 2.05) is 31.2 Å². The first kappa shape index (κ1) is 21.8. The summed E-state index contributed by atoms with van der Waals surface area (Å²) in [6, 6.07) is 6.66. The Morgan fingerprint density at radius 1 is 1.03 bits per heavy atom. The third-order valence-electron chi connectivity index (χ3n) is 7.56. The molecule has 0 aliphatic heterocycles. The zero-order chi connectivity index (χ0) is 22.2. The molecule has 4 aliphatic carbocycles. The van der Waals surface area contributed by atoms with Gasteiger partial charge in [-0.05, 0) is 82.3 Å². The van der Waals surface area contributed by atoms with E-state index in [2.05, 4.69) is 16.0 Å². The Kier molecular flexibility index (Phi) is 6.06. The summed E-state index contributed by atoms with van der Waals surface area (Å²) in [5, 5.41) is 8.54. The molecule has 4 fully saturated rings. The molecule has 7 nitrogen and oxygen atoms in total. The highest BCUT2D eigenvalue weighted by atomic mass is 16.2. The van der Waals surface area contributed by atoms with E-state index in [4.69, 9.17) is 0 Å². The van der Waals surface area contributed by atoms with Gasteiger partial charge in [0.05, 0.1) is 7.05 Å². The lowest BCUT2D eigenvalue weighted by molar-refractivity contribution is -0.885. The third kappa shape index (κ3) is 5.09. The maximum Gasteiger partial charge on any atom is 0.322 e. The summed E-state index contributed by atoms with van der Waals surface area (Å²) in [6.45, 7) is 3.87. The molecule has 31 heavy (non-hydrogen) atoms. The standard InChI is InChI=1S/C24H34N4O3/c1-15-4-6-20(7-5-15)25-21(29)14-28(3)16(2)22(30)26-23(31)27-24-11-17-8-18(12-24)10-19(9-17)13-24/h4-7,16-19H,8-14H2,1-3H3,(H,25,29)(H2,26,27,30,31)/p+1/t16-,17?,18?,19?,24?/m0/s1. The average molecular weight is 428 g/mol. The van der Waals surface area contributed by atoms with Crippen molar-refractivity contribution in [3.8, 4) is 0 Å². The number of hydrogen-bond donors (Lipinski definition) is 4. The minimum atomic E-state index is -0.522. The van der Waals surface area contributed by atoms with Crippen molar-refractivity contribution in [3.05, 3.63) is 29.8 Å². The number of likely N-dealkylation sites (N-methyl/N-ethyl adjacent to an activating group) is 1. The lowest BCUT2D eigenvalue weighted by atomic mass is 9.53. The molecule has 7 heteroatoms. The van der Waals surface area contributed by atoms with Crippen molar-refractivity contribution in [2.24, 2.45) is 17.8 Å². The van der Waals surface area contributed by atoms with Gasteiger partial charge in [-0.25, -0.2) is 4.79 Å². The van der Waals surface area contributed by atoms with Gasteiger partial charge in [0.2, 0.25) is 0 Å². The highest BCUT2D eigenvalue weighted by Crippen LogP contribution is 2.55. The van der Waals surface area contributed by atoms with Gasteiger partial charge in [-0.15, -0.1) is 0 Å². The molecule has 5 rings (SSSR count). The number of benzene rings is 1. The molecule has 1 aromatic rings. The van der Waals surface area contributed by atoms with E-state index in [9.17, 15) is 14.4 Å². The van der Waals surface area contributed by atoms with Gasteiger partial charge in [0.1, 0.15) is 0 Å². The second-order valence-electron chi connectivity index (χ2n) is 10.3. The van der Waals surface area contributed by atoms with Crippen LogP contribution in [0.15, 0.2) is 24.3 Å². The Morgan fingerprint density at radius 3 is 2.13 bits per heavy atom. The molecular formula is C24H35N4O3+. The number of quaternary nitrogens is 1. The molecule has 0 aromatic heterocycles. The van der Waals surface area contributed by atoms with E-state index in [0.29, 0.717) is 0 Å². The predicted molar refractivity (Wildman–Crippen MR) is 119 cm³/mol. The maximum absolute atomic E-state index is 12.6. The predicted octanol–water partition coefficient (Wildman–Crippen LogP) is 1.63. The summed E-state index contributed by atoms with van der Waals surface area (Å²) in [7, 11) is 1.79. The maximum atomic E-state index is 12.6. The minimum Gasteiger partial charge on any atom is -0.332 e. The third-order valence-corrected chi connectivity index (χ3v) is 7.56. The van der Waals surface area contributed by atoms with E-state index in [1.54, 1.807) is 14.0 Å². The summed E-state index contributed by atoms with van der Waals surface area (Å²) < 4.78 is 0. The quantitative estimate of drug-likeness (QED) is 0.556. The number of nitrogens with one attached hydrogen (secondary N) is 4. The smallest absolute Gasteiger partial charge is 0.322 e. The first-order valence-electron chi connectivity index (χ1n) is 11.5. The van der Waals surface area contributed by atoms with Gasteiger partial charge in [0.15, 0.2) is 12.6 Å². The van der Waals surface area contributed by atoms with Crippen LogP contribution in [0.4, 0.5) is 10.5 Å². The molecule has 4 bridgehead atoms. The first-order chi connectivity index (χ1) is 14.7. The zero-order valence-corrected chi connectivity index (χ0v) is 18.8. The van der Waals surface area contributed by atoms with E-state index < -0.39 is 12.1 Å². The fraction of sp³-hybridized carbons (Fsp3) is 0.625. The largest absolute Gasteiger partial charge is 0.332 e. The molecule has 4 saturated carbocycles. The topological polar surface area (TPSA) is 91.7 Å². The van der Waals surface area contributed by atoms with E-state index >= 15 is 0 Å². The molecular weight excluding hydrogens is 392 g/mol. The highest BCUT2D eigenvalue weighted by Gasteiger charge is 2.51. The second-order valence-corrected chi connectivity index (χ2v) is 10.3. The Bertz CT molecular complexity index is 816. The molecule has 4 amide bonds. The Hall–Kier alpha value is -2.41. The molecule has 4 aliphatic rings. The monoisotopic (exact) mass is 427 g/mol. The van der Waals surface area contributed by atoms with Crippen LogP contribution in [0.1, 0.15) is 51.0 Å². The number of carbonyl (C=O) groups excluding carboxylic acids is 3. The molecule has 2 atom stereocenters. The lowest BCUT2D eigenvalue weighted by Crippen LogP contribution is -3.15. The lowest BCUT2D eigenvalue weighted by Gasteiger charge is -2.56. The van der Waals surface area contributed by atoms with Crippen LogP contribution in [0.2, 0.25) is 0 Å². The molecule has 1 aromatic carbocycles. The molecule has 0 radical (unpaired) electrons. The zero-order valence-electron chi connectivity index (χ0n) is 18.8. The molecule has 4 N–H and O–H groups in total. The number of rotatable bonds is 6. The number of imide groups is 1. The molecule has 0 heterocycles. The number of aryl methyl sites for hydroxylation is 1. The van der Waals surface area contributed by atoms with Gasteiger partial charge in [-0.2, -0.15) is 0 Å². The fourth-order valence-electron chi connectivity index (χ4n) is 6.23. The van der Waals surface area contributed by atoms with Crippen LogP contribution >= 0.6 is 0 Å². The Morgan fingerprint density at radius 2 is 1.58 bits per heavy atom. The highest BCUT2D eigenvalue weighted by molar-refractivity contribution is 5.96. The SMILES string of the molecule is Cc1ccc(NC(=O)C[NH+](C)[C@@H](C)C(=O)NC(=O)NC23CC4CC(CC(C4)C2)C3)cc1. The number of amides is 4. The van der Waals surface area contributed by atoms with Crippen molar-refractivity contribution < 1.29 is 19.3 Å². The van der Waals surface area contributed by atoms with Crippen molar-refractivity contribution in [1.29, 1.82) is 0 Å². The number of anilines is 1. The average Bonchev–Trinajstić information content (AvgIpc) is 2.67. The van der Waals surface area contributed by atoms with Gasteiger partial charge < -0.3 is 15.5 Å². The van der Waals surface area contributed by atoms with E-state index in [0.717, 1.165) is 53.2 Å². The van der Waals surface area contributed by atoms with Gasteiger partial charge >= 0.3 is 6.03 Å². The van der Waals surface area contributed by atoms with Crippen molar-refractivity contribution in [1.82, 2.24) is 10.6 Å². The van der Waals surface area contributed by atoms with Gasteiger partial charge in [0, 0.05) is 11.2 Å². The van der Waals surface area contributed by atoms with Crippen LogP contribution in [0, 0.1) is 24.7 Å². The molecule has 0 spiro atoms. The van der Waals surface area contributed by atoms with Gasteiger partial charge in [-0.1, -0.05) is 17.7 Å².